The molecule has 4 nitrogen and oxygen atoms in total. The number of likely N-dealkylation sites (tertiary alicyclic amines) is 1. The average molecular weight is 219 g/mol. The Hall–Kier alpha value is -1.42. The fourth-order valence-electron chi connectivity index (χ4n) is 1.97. The molecule has 0 aromatic carbocycles. The van der Waals surface area contributed by atoms with Gasteiger partial charge in [-0.2, -0.15) is 0 Å². The number of pyridine rings is 1. The quantitative estimate of drug-likeness (QED) is 0.808. The summed E-state index contributed by atoms with van der Waals surface area (Å²) in [5, 5.41) is 0. The van der Waals surface area contributed by atoms with Gasteiger partial charge in [-0.3, -0.25) is 9.78 Å². The van der Waals surface area contributed by atoms with Crippen LogP contribution in [0.25, 0.3) is 0 Å². The molecule has 0 bridgehead atoms. The highest BCUT2D eigenvalue weighted by Gasteiger charge is 2.22. The summed E-state index contributed by atoms with van der Waals surface area (Å²) in [6.45, 7) is 1.53. The van der Waals surface area contributed by atoms with E-state index < -0.39 is 0 Å². The Labute approximate surface area is 95.5 Å². The average Bonchev–Trinajstić information content (AvgIpc) is 2.74. The highest BCUT2D eigenvalue weighted by Crippen LogP contribution is 2.10. The minimum Gasteiger partial charge on any atom is -0.341 e. The van der Waals surface area contributed by atoms with Gasteiger partial charge in [0, 0.05) is 37.9 Å². The molecule has 1 fully saturated rings. The van der Waals surface area contributed by atoms with Crippen LogP contribution in [0.3, 0.4) is 0 Å². The third-order valence-electron chi connectivity index (χ3n) is 2.93. The number of carbonyl (C=O) groups is 1. The lowest BCUT2D eigenvalue weighted by molar-refractivity contribution is -0.130. The van der Waals surface area contributed by atoms with E-state index in [2.05, 4.69) is 4.98 Å². The van der Waals surface area contributed by atoms with Crippen molar-refractivity contribution in [2.24, 2.45) is 5.73 Å². The van der Waals surface area contributed by atoms with E-state index in [1.807, 2.05) is 23.2 Å². The van der Waals surface area contributed by atoms with Crippen molar-refractivity contribution in [3.05, 3.63) is 30.1 Å². The first-order valence-electron chi connectivity index (χ1n) is 5.68. The second-order valence-corrected chi connectivity index (χ2v) is 4.25. The zero-order valence-corrected chi connectivity index (χ0v) is 9.30. The van der Waals surface area contributed by atoms with Crippen molar-refractivity contribution in [3.63, 3.8) is 0 Å². The molecule has 0 aliphatic carbocycles. The lowest BCUT2D eigenvalue weighted by atomic mass is 10.1. The van der Waals surface area contributed by atoms with Crippen molar-refractivity contribution >= 4 is 5.91 Å². The highest BCUT2D eigenvalue weighted by atomic mass is 16.2. The van der Waals surface area contributed by atoms with Crippen LogP contribution in [0.2, 0.25) is 0 Å². The van der Waals surface area contributed by atoms with Gasteiger partial charge in [-0.05, 0) is 24.5 Å². The largest absolute Gasteiger partial charge is 0.341 e. The second-order valence-electron chi connectivity index (χ2n) is 4.25. The number of carbonyl (C=O) groups excluding carboxylic acids is 1. The molecular weight excluding hydrogens is 202 g/mol. The third-order valence-corrected chi connectivity index (χ3v) is 2.93. The summed E-state index contributed by atoms with van der Waals surface area (Å²) in [6, 6.07) is 4.06. The number of nitrogens with zero attached hydrogens (tertiary/aromatic N) is 2. The Balaban J connectivity index is 1.80. The Kier molecular flexibility index (Phi) is 3.51. The van der Waals surface area contributed by atoms with Crippen LogP contribution in [-0.4, -0.2) is 34.9 Å². The maximum atomic E-state index is 11.8. The van der Waals surface area contributed by atoms with Crippen LogP contribution in [0.1, 0.15) is 18.4 Å². The minimum atomic E-state index is 0.169. The molecule has 2 rings (SSSR count). The molecule has 1 aromatic rings. The van der Waals surface area contributed by atoms with Crippen molar-refractivity contribution < 1.29 is 4.79 Å². The monoisotopic (exact) mass is 219 g/mol. The number of aromatic nitrogens is 1. The van der Waals surface area contributed by atoms with Gasteiger partial charge in [0.1, 0.15) is 0 Å². The zero-order chi connectivity index (χ0) is 11.4. The second kappa shape index (κ2) is 5.07. The summed E-state index contributed by atoms with van der Waals surface area (Å²) in [5.74, 6) is 0.205. The van der Waals surface area contributed by atoms with E-state index in [9.17, 15) is 4.79 Å². The van der Waals surface area contributed by atoms with E-state index in [0.717, 1.165) is 24.9 Å². The van der Waals surface area contributed by atoms with Gasteiger partial charge in [-0.1, -0.05) is 6.07 Å². The van der Waals surface area contributed by atoms with Crippen LogP contribution in [-0.2, 0) is 11.2 Å². The minimum absolute atomic E-state index is 0.169. The SMILES string of the molecule is N[C@@H]1CCN(C(=O)CCc2cccnc2)C1. The molecule has 16 heavy (non-hydrogen) atoms. The molecule has 1 aliphatic heterocycles. The first-order valence-corrected chi connectivity index (χ1v) is 5.68. The molecule has 0 radical (unpaired) electrons. The maximum Gasteiger partial charge on any atom is 0.222 e. The highest BCUT2D eigenvalue weighted by molar-refractivity contribution is 5.76. The molecule has 1 atom stereocenters. The molecule has 2 heterocycles. The van der Waals surface area contributed by atoms with Gasteiger partial charge in [0.15, 0.2) is 0 Å². The smallest absolute Gasteiger partial charge is 0.222 e. The molecule has 1 amide bonds. The summed E-state index contributed by atoms with van der Waals surface area (Å²) in [5.41, 5.74) is 6.88. The molecule has 0 unspecified atom stereocenters. The van der Waals surface area contributed by atoms with Crippen molar-refractivity contribution in [2.45, 2.75) is 25.3 Å². The fourth-order valence-corrected chi connectivity index (χ4v) is 1.97. The van der Waals surface area contributed by atoms with Crippen molar-refractivity contribution in [2.75, 3.05) is 13.1 Å². The molecule has 0 saturated carbocycles. The molecule has 0 spiro atoms. The van der Waals surface area contributed by atoms with Crippen LogP contribution >= 0.6 is 0 Å². The van der Waals surface area contributed by atoms with Crippen molar-refractivity contribution in [3.8, 4) is 0 Å². The molecule has 1 aliphatic rings. The summed E-state index contributed by atoms with van der Waals surface area (Å²) in [7, 11) is 0. The summed E-state index contributed by atoms with van der Waals surface area (Å²) in [4.78, 5) is 17.7. The van der Waals surface area contributed by atoms with E-state index >= 15 is 0 Å². The van der Waals surface area contributed by atoms with Gasteiger partial charge in [-0.15, -0.1) is 0 Å². The number of rotatable bonds is 3. The normalized spacial score (nSPS) is 20.1. The lowest BCUT2D eigenvalue weighted by Gasteiger charge is -2.15. The number of nitrogens with two attached hydrogens (primary N) is 1. The third kappa shape index (κ3) is 2.79. The molecule has 2 N–H and O–H groups in total. The standard InChI is InChI=1S/C12H17N3O/c13-11-5-7-15(9-11)12(16)4-3-10-2-1-6-14-8-10/h1-2,6,8,11H,3-5,7,9,13H2/t11-/m1/s1. The Morgan fingerprint density at radius 3 is 3.12 bits per heavy atom. The van der Waals surface area contributed by atoms with Gasteiger partial charge in [0.2, 0.25) is 5.91 Å². The number of hydrogen-bond donors (Lipinski definition) is 1. The number of aryl methyl sites for hydroxylation is 1. The topological polar surface area (TPSA) is 59.2 Å². The predicted octanol–water partition coefficient (Wildman–Crippen LogP) is 0.574. The molecular formula is C12H17N3O. The van der Waals surface area contributed by atoms with Crippen LogP contribution in [0.5, 0.6) is 0 Å². The van der Waals surface area contributed by atoms with Gasteiger partial charge < -0.3 is 10.6 Å². The first-order chi connectivity index (χ1) is 7.75. The van der Waals surface area contributed by atoms with E-state index in [1.54, 1.807) is 6.20 Å². The maximum absolute atomic E-state index is 11.8. The molecule has 1 saturated heterocycles. The van der Waals surface area contributed by atoms with Crippen LogP contribution in [0.4, 0.5) is 0 Å². The van der Waals surface area contributed by atoms with Crippen LogP contribution in [0, 0.1) is 0 Å². The zero-order valence-electron chi connectivity index (χ0n) is 9.30. The van der Waals surface area contributed by atoms with Gasteiger partial charge >= 0.3 is 0 Å². The van der Waals surface area contributed by atoms with E-state index in [4.69, 9.17) is 5.73 Å². The Morgan fingerprint density at radius 2 is 2.50 bits per heavy atom. The molecule has 86 valence electrons. The van der Waals surface area contributed by atoms with Gasteiger partial charge in [-0.25, -0.2) is 0 Å². The van der Waals surface area contributed by atoms with Gasteiger partial charge in [0.05, 0.1) is 0 Å². The Bertz CT molecular complexity index is 353. The predicted molar refractivity (Wildman–Crippen MR) is 61.7 cm³/mol. The first kappa shape index (κ1) is 11.1. The van der Waals surface area contributed by atoms with Crippen LogP contribution < -0.4 is 5.73 Å². The summed E-state index contributed by atoms with van der Waals surface area (Å²) >= 11 is 0. The fraction of sp³-hybridized carbons (Fsp3) is 0.500. The number of amides is 1. The number of hydrogen-bond acceptors (Lipinski definition) is 3. The van der Waals surface area contributed by atoms with E-state index in [0.29, 0.717) is 13.0 Å². The van der Waals surface area contributed by atoms with Crippen LogP contribution in [0.15, 0.2) is 24.5 Å². The molecule has 4 heteroatoms. The van der Waals surface area contributed by atoms with E-state index in [1.165, 1.54) is 0 Å². The van der Waals surface area contributed by atoms with Gasteiger partial charge in [0.25, 0.3) is 0 Å². The lowest BCUT2D eigenvalue weighted by Crippen LogP contribution is -2.31. The van der Waals surface area contributed by atoms with Crippen molar-refractivity contribution in [1.82, 2.24) is 9.88 Å². The van der Waals surface area contributed by atoms with E-state index in [-0.39, 0.29) is 11.9 Å². The summed E-state index contributed by atoms with van der Waals surface area (Å²) < 4.78 is 0. The van der Waals surface area contributed by atoms with Crippen molar-refractivity contribution in [1.29, 1.82) is 0 Å². The Morgan fingerprint density at radius 1 is 1.62 bits per heavy atom. The summed E-state index contributed by atoms with van der Waals surface area (Å²) in [6.07, 6.45) is 5.79. The molecule has 1 aromatic heterocycles.